The topological polar surface area (TPSA) is 65.2 Å². The Kier molecular flexibility index (Phi) is 4.17. The van der Waals surface area contributed by atoms with Gasteiger partial charge >= 0.3 is 5.97 Å². The first kappa shape index (κ1) is 11.6. The number of carbonyl (C=O) groups is 1. The number of nitrogens with zero attached hydrogens (tertiary/aromatic N) is 1. The van der Waals surface area contributed by atoms with Gasteiger partial charge in [-0.05, 0) is 18.6 Å². The van der Waals surface area contributed by atoms with Gasteiger partial charge in [-0.3, -0.25) is 4.79 Å². The number of halogens is 1. The van der Waals surface area contributed by atoms with Crippen LogP contribution in [0.3, 0.4) is 0 Å². The average molecular weight is 212 g/mol. The Hall–Kier alpha value is -1.49. The molecule has 1 heterocycles. The quantitative estimate of drug-likeness (QED) is 0.601. The number of aromatic nitrogens is 1. The second-order valence-electron chi connectivity index (χ2n) is 3.03. The molecule has 0 aliphatic heterocycles. The van der Waals surface area contributed by atoms with Crippen molar-refractivity contribution in [2.24, 2.45) is 5.73 Å². The Morgan fingerprint density at radius 2 is 2.40 bits per heavy atom. The molecular weight excluding hydrogens is 199 g/mol. The minimum atomic E-state index is -0.568. The van der Waals surface area contributed by atoms with Crippen molar-refractivity contribution in [1.82, 2.24) is 4.98 Å². The molecule has 15 heavy (non-hydrogen) atoms. The first-order chi connectivity index (χ1) is 7.13. The molecule has 4 nitrogen and oxygen atoms in total. The van der Waals surface area contributed by atoms with Crippen molar-refractivity contribution >= 4 is 5.97 Å². The van der Waals surface area contributed by atoms with Crippen LogP contribution in [-0.4, -0.2) is 17.6 Å². The smallest absolute Gasteiger partial charge is 0.307 e. The van der Waals surface area contributed by atoms with E-state index in [2.05, 4.69) is 4.98 Å². The number of rotatable bonds is 4. The van der Waals surface area contributed by atoms with Crippen LogP contribution in [-0.2, 0) is 9.53 Å². The van der Waals surface area contributed by atoms with Gasteiger partial charge in [-0.2, -0.15) is 4.39 Å². The van der Waals surface area contributed by atoms with E-state index >= 15 is 0 Å². The van der Waals surface area contributed by atoms with Crippen molar-refractivity contribution < 1.29 is 13.9 Å². The summed E-state index contributed by atoms with van der Waals surface area (Å²) < 4.78 is 17.2. The normalized spacial score (nSPS) is 12.2. The Bertz CT molecular complexity index is 327. The maximum Gasteiger partial charge on any atom is 0.307 e. The second kappa shape index (κ2) is 5.41. The molecule has 1 atom stereocenters. The van der Waals surface area contributed by atoms with Crippen LogP contribution in [0.1, 0.15) is 24.9 Å². The van der Waals surface area contributed by atoms with E-state index in [1.54, 1.807) is 6.92 Å². The maximum absolute atomic E-state index is 12.5. The van der Waals surface area contributed by atoms with Gasteiger partial charge in [-0.25, -0.2) is 4.98 Å². The van der Waals surface area contributed by atoms with Gasteiger partial charge in [-0.1, -0.05) is 6.07 Å². The van der Waals surface area contributed by atoms with Crippen LogP contribution < -0.4 is 5.73 Å². The molecule has 0 aliphatic carbocycles. The van der Waals surface area contributed by atoms with Crippen LogP contribution in [0.15, 0.2) is 18.3 Å². The molecule has 0 fully saturated rings. The Morgan fingerprint density at radius 3 is 2.93 bits per heavy atom. The summed E-state index contributed by atoms with van der Waals surface area (Å²) in [6.07, 6.45) is 1.39. The zero-order chi connectivity index (χ0) is 11.3. The monoisotopic (exact) mass is 212 g/mol. The lowest BCUT2D eigenvalue weighted by Gasteiger charge is -2.10. The van der Waals surface area contributed by atoms with Crippen LogP contribution in [0.4, 0.5) is 4.39 Å². The number of esters is 1. The van der Waals surface area contributed by atoms with E-state index in [-0.39, 0.29) is 12.4 Å². The Balaban J connectivity index is 2.57. The fourth-order valence-electron chi connectivity index (χ4n) is 1.12. The minimum Gasteiger partial charge on any atom is -0.466 e. The highest BCUT2D eigenvalue weighted by molar-refractivity contribution is 5.70. The molecule has 0 aliphatic rings. The van der Waals surface area contributed by atoms with Gasteiger partial charge in [0.05, 0.1) is 13.0 Å². The third kappa shape index (κ3) is 3.63. The summed E-state index contributed by atoms with van der Waals surface area (Å²) in [5, 5.41) is 0. The predicted molar refractivity (Wildman–Crippen MR) is 52.4 cm³/mol. The van der Waals surface area contributed by atoms with Gasteiger partial charge < -0.3 is 10.5 Å². The first-order valence-electron chi connectivity index (χ1n) is 4.66. The van der Waals surface area contributed by atoms with E-state index in [0.29, 0.717) is 12.2 Å². The van der Waals surface area contributed by atoms with Crippen LogP contribution in [0.25, 0.3) is 0 Å². The van der Waals surface area contributed by atoms with Crippen LogP contribution in [0.2, 0.25) is 0 Å². The van der Waals surface area contributed by atoms with E-state index in [1.165, 1.54) is 18.3 Å². The summed E-state index contributed by atoms with van der Waals surface area (Å²) in [6, 6.07) is 2.21. The van der Waals surface area contributed by atoms with E-state index in [9.17, 15) is 9.18 Å². The van der Waals surface area contributed by atoms with Crippen LogP contribution >= 0.6 is 0 Å². The molecule has 1 unspecified atom stereocenters. The van der Waals surface area contributed by atoms with Gasteiger partial charge in [-0.15, -0.1) is 0 Å². The van der Waals surface area contributed by atoms with E-state index in [4.69, 9.17) is 10.5 Å². The fourth-order valence-corrected chi connectivity index (χ4v) is 1.12. The number of nitrogens with two attached hydrogens (primary N) is 1. The fraction of sp³-hybridized carbons (Fsp3) is 0.400. The highest BCUT2D eigenvalue weighted by Gasteiger charge is 2.12. The van der Waals surface area contributed by atoms with Gasteiger partial charge in [0.25, 0.3) is 0 Å². The van der Waals surface area contributed by atoms with Crippen molar-refractivity contribution in [3.05, 3.63) is 29.8 Å². The molecular formula is C10H13FN2O2. The van der Waals surface area contributed by atoms with Crippen molar-refractivity contribution in [2.45, 2.75) is 19.4 Å². The lowest BCUT2D eigenvalue weighted by atomic mass is 10.1. The first-order valence-corrected chi connectivity index (χ1v) is 4.66. The lowest BCUT2D eigenvalue weighted by Crippen LogP contribution is -2.17. The zero-order valence-corrected chi connectivity index (χ0v) is 8.44. The number of hydrogen-bond donors (Lipinski definition) is 1. The molecule has 0 spiro atoms. The van der Waals surface area contributed by atoms with Crippen LogP contribution in [0.5, 0.6) is 0 Å². The zero-order valence-electron chi connectivity index (χ0n) is 8.44. The van der Waals surface area contributed by atoms with Crippen molar-refractivity contribution in [3.8, 4) is 0 Å². The van der Waals surface area contributed by atoms with Gasteiger partial charge in [0, 0.05) is 12.2 Å². The highest BCUT2D eigenvalue weighted by Crippen LogP contribution is 2.13. The summed E-state index contributed by atoms with van der Waals surface area (Å²) in [5.41, 5.74) is 6.33. The molecule has 0 bridgehead atoms. The summed E-state index contributed by atoms with van der Waals surface area (Å²) in [6.45, 7) is 2.05. The number of hydrogen-bond acceptors (Lipinski definition) is 4. The van der Waals surface area contributed by atoms with Crippen molar-refractivity contribution in [3.63, 3.8) is 0 Å². The SMILES string of the molecule is CCOC(=O)CC(N)c1ccc(F)nc1. The van der Waals surface area contributed by atoms with Gasteiger partial charge in [0.15, 0.2) is 0 Å². The predicted octanol–water partition coefficient (Wildman–Crippen LogP) is 1.17. The van der Waals surface area contributed by atoms with Crippen molar-refractivity contribution in [2.75, 3.05) is 6.61 Å². The average Bonchev–Trinajstić information content (AvgIpc) is 2.18. The summed E-state index contributed by atoms with van der Waals surface area (Å²) >= 11 is 0. The molecule has 0 aromatic carbocycles. The molecule has 2 N–H and O–H groups in total. The molecule has 0 saturated carbocycles. The van der Waals surface area contributed by atoms with Crippen LogP contribution in [0, 0.1) is 5.95 Å². The summed E-state index contributed by atoms with van der Waals surface area (Å²) in [7, 11) is 0. The molecule has 0 radical (unpaired) electrons. The summed E-state index contributed by atoms with van der Waals surface area (Å²) in [4.78, 5) is 14.6. The van der Waals surface area contributed by atoms with Gasteiger partial charge in [0.1, 0.15) is 0 Å². The lowest BCUT2D eigenvalue weighted by molar-refractivity contribution is -0.143. The molecule has 5 heteroatoms. The standard InChI is InChI=1S/C10H13FN2O2/c1-2-15-10(14)5-8(12)7-3-4-9(11)13-6-7/h3-4,6,8H,2,5,12H2,1H3. The van der Waals surface area contributed by atoms with E-state index < -0.39 is 12.0 Å². The minimum absolute atomic E-state index is 0.0706. The van der Waals surface area contributed by atoms with E-state index in [0.717, 1.165) is 0 Å². The van der Waals surface area contributed by atoms with E-state index in [1.807, 2.05) is 0 Å². The summed E-state index contributed by atoms with van der Waals surface area (Å²) in [5.74, 6) is -0.934. The van der Waals surface area contributed by atoms with Crippen molar-refractivity contribution in [1.29, 1.82) is 0 Å². The molecule has 1 rings (SSSR count). The third-order valence-electron chi connectivity index (χ3n) is 1.87. The number of carbonyl (C=O) groups excluding carboxylic acids is 1. The maximum atomic E-state index is 12.5. The third-order valence-corrected chi connectivity index (χ3v) is 1.87. The molecule has 82 valence electrons. The second-order valence-corrected chi connectivity index (χ2v) is 3.03. The number of ether oxygens (including phenoxy) is 1. The molecule has 1 aromatic rings. The Labute approximate surface area is 87.3 Å². The largest absolute Gasteiger partial charge is 0.466 e. The Morgan fingerprint density at radius 1 is 1.67 bits per heavy atom. The number of pyridine rings is 1. The molecule has 0 amide bonds. The molecule has 0 saturated heterocycles. The van der Waals surface area contributed by atoms with Gasteiger partial charge in [0.2, 0.25) is 5.95 Å². The molecule has 1 aromatic heterocycles. The highest BCUT2D eigenvalue weighted by atomic mass is 19.1.